The summed E-state index contributed by atoms with van der Waals surface area (Å²) in [6.45, 7) is 4.71. The first-order valence-electron chi connectivity index (χ1n) is 9.64. The number of rotatable bonds is 0. The van der Waals surface area contributed by atoms with Crippen molar-refractivity contribution in [2.24, 2.45) is 0 Å². The molecule has 0 aliphatic heterocycles. The zero-order chi connectivity index (χ0) is 18.2. The summed E-state index contributed by atoms with van der Waals surface area (Å²) in [5, 5.41) is 8.09. The Labute approximate surface area is 159 Å². The quantitative estimate of drug-likeness (QED) is 0.256. The molecule has 128 valence electrons. The minimum atomic E-state index is 0.0346. The van der Waals surface area contributed by atoms with Gasteiger partial charge in [0, 0.05) is 5.41 Å². The molecule has 5 aromatic rings. The van der Waals surface area contributed by atoms with E-state index in [0.29, 0.717) is 0 Å². The van der Waals surface area contributed by atoms with Crippen molar-refractivity contribution in [1.29, 1.82) is 0 Å². The van der Waals surface area contributed by atoms with Crippen LogP contribution in [-0.2, 0) is 5.41 Å². The molecule has 1 aliphatic rings. The highest BCUT2D eigenvalue weighted by molar-refractivity contribution is 6.26. The minimum absolute atomic E-state index is 0.0346. The average molecular weight is 344 g/mol. The Hall–Kier alpha value is -3.12. The molecule has 27 heavy (non-hydrogen) atoms. The maximum absolute atomic E-state index is 2.46. The predicted octanol–water partition coefficient (Wildman–Crippen LogP) is 7.45. The van der Waals surface area contributed by atoms with E-state index in [1.165, 1.54) is 54.6 Å². The van der Waals surface area contributed by atoms with Crippen LogP contribution in [0.3, 0.4) is 0 Å². The van der Waals surface area contributed by atoms with Gasteiger partial charge in [-0.25, -0.2) is 0 Å². The first-order chi connectivity index (χ1) is 13.2. The average Bonchev–Trinajstić information content (AvgIpc) is 2.94. The molecule has 0 fully saturated rings. The van der Waals surface area contributed by atoms with Crippen molar-refractivity contribution in [3.05, 3.63) is 96.1 Å². The van der Waals surface area contributed by atoms with Gasteiger partial charge in [0.05, 0.1) is 0 Å². The summed E-state index contributed by atoms with van der Waals surface area (Å²) in [6, 6.07) is 31.4. The zero-order valence-corrected chi connectivity index (χ0v) is 15.6. The van der Waals surface area contributed by atoms with Crippen LogP contribution < -0.4 is 0 Å². The Morgan fingerprint density at radius 3 is 1.56 bits per heavy atom. The van der Waals surface area contributed by atoms with Crippen LogP contribution in [0, 0.1) is 0 Å². The van der Waals surface area contributed by atoms with Gasteiger partial charge >= 0.3 is 0 Å². The van der Waals surface area contributed by atoms with Gasteiger partial charge in [-0.1, -0.05) is 86.6 Å². The molecule has 0 aromatic heterocycles. The Bertz CT molecular complexity index is 1390. The summed E-state index contributed by atoms with van der Waals surface area (Å²) in [5.41, 5.74) is 5.69. The van der Waals surface area contributed by atoms with Crippen LogP contribution >= 0.6 is 0 Å². The van der Waals surface area contributed by atoms with E-state index in [9.17, 15) is 0 Å². The summed E-state index contributed by atoms with van der Waals surface area (Å²) >= 11 is 0. The molecule has 0 atom stereocenters. The molecular formula is C27H20. The van der Waals surface area contributed by atoms with Crippen LogP contribution in [0.15, 0.2) is 84.9 Å². The normalized spacial score (nSPS) is 14.6. The lowest BCUT2D eigenvalue weighted by atomic mass is 9.81. The van der Waals surface area contributed by atoms with E-state index in [1.54, 1.807) is 0 Å². The monoisotopic (exact) mass is 344 g/mol. The lowest BCUT2D eigenvalue weighted by Gasteiger charge is -2.22. The maximum Gasteiger partial charge on any atom is 0.0159 e. The van der Waals surface area contributed by atoms with Crippen LogP contribution in [0.4, 0.5) is 0 Å². The van der Waals surface area contributed by atoms with Gasteiger partial charge in [0.1, 0.15) is 0 Å². The van der Waals surface area contributed by atoms with E-state index >= 15 is 0 Å². The van der Waals surface area contributed by atoms with Gasteiger partial charge in [-0.05, 0) is 66.7 Å². The Balaban J connectivity index is 1.88. The number of fused-ring (bicyclic) bond motifs is 9. The van der Waals surface area contributed by atoms with Crippen molar-refractivity contribution in [2.45, 2.75) is 19.3 Å². The number of benzene rings is 5. The van der Waals surface area contributed by atoms with Crippen LogP contribution in [0.1, 0.15) is 25.0 Å². The highest BCUT2D eigenvalue weighted by atomic mass is 14.4. The molecule has 5 aromatic carbocycles. The highest BCUT2D eigenvalue weighted by Crippen LogP contribution is 2.51. The lowest BCUT2D eigenvalue weighted by Crippen LogP contribution is -2.14. The summed E-state index contributed by atoms with van der Waals surface area (Å²) in [5.74, 6) is 0. The van der Waals surface area contributed by atoms with Crippen molar-refractivity contribution in [3.8, 4) is 11.1 Å². The van der Waals surface area contributed by atoms with Gasteiger partial charge in [0.15, 0.2) is 0 Å². The van der Waals surface area contributed by atoms with E-state index in [4.69, 9.17) is 0 Å². The molecule has 1 aliphatic carbocycles. The second kappa shape index (κ2) is 4.98. The minimum Gasteiger partial charge on any atom is -0.0619 e. The van der Waals surface area contributed by atoms with Crippen molar-refractivity contribution in [3.63, 3.8) is 0 Å². The smallest absolute Gasteiger partial charge is 0.0159 e. The fourth-order valence-corrected chi connectivity index (χ4v) is 5.10. The SMILES string of the molecule is CC1(C)c2ccccc2-c2cc3c4ccccc4c4ccccc4c3cc21. The molecule has 0 spiro atoms. The van der Waals surface area contributed by atoms with Gasteiger partial charge in [-0.2, -0.15) is 0 Å². The van der Waals surface area contributed by atoms with Crippen molar-refractivity contribution >= 4 is 32.3 Å². The standard InChI is InChI=1S/C27H20/c1-27(2)25-14-8-7-13-21(25)24-15-22-19-11-5-3-9-17(19)18-10-4-6-12-20(18)23(22)16-26(24)27/h3-16H,1-2H3. The molecule has 0 unspecified atom stereocenters. The van der Waals surface area contributed by atoms with Crippen LogP contribution in [0.2, 0.25) is 0 Å². The Kier molecular flexibility index (Phi) is 2.77. The molecule has 0 heteroatoms. The third kappa shape index (κ3) is 1.83. The first-order valence-corrected chi connectivity index (χ1v) is 9.64. The van der Waals surface area contributed by atoms with Gasteiger partial charge in [0.2, 0.25) is 0 Å². The molecule has 0 saturated carbocycles. The molecule has 0 amide bonds. The van der Waals surface area contributed by atoms with Crippen LogP contribution in [0.5, 0.6) is 0 Å². The number of hydrogen-bond donors (Lipinski definition) is 0. The Morgan fingerprint density at radius 1 is 0.444 bits per heavy atom. The lowest BCUT2D eigenvalue weighted by molar-refractivity contribution is 0.661. The highest BCUT2D eigenvalue weighted by Gasteiger charge is 2.35. The molecule has 0 N–H and O–H groups in total. The molecule has 0 heterocycles. The fourth-order valence-electron chi connectivity index (χ4n) is 5.10. The second-order valence-electron chi connectivity index (χ2n) is 8.21. The molecule has 0 nitrogen and oxygen atoms in total. The van der Waals surface area contributed by atoms with Gasteiger partial charge in [0.25, 0.3) is 0 Å². The largest absolute Gasteiger partial charge is 0.0619 e. The third-order valence-electron chi connectivity index (χ3n) is 6.45. The topological polar surface area (TPSA) is 0 Å². The first kappa shape index (κ1) is 15.0. The van der Waals surface area contributed by atoms with Crippen molar-refractivity contribution in [1.82, 2.24) is 0 Å². The van der Waals surface area contributed by atoms with E-state index in [-0.39, 0.29) is 5.41 Å². The maximum atomic E-state index is 2.46. The zero-order valence-electron chi connectivity index (χ0n) is 15.6. The third-order valence-corrected chi connectivity index (χ3v) is 6.45. The molecular weight excluding hydrogens is 324 g/mol. The fraction of sp³-hybridized carbons (Fsp3) is 0.111. The Morgan fingerprint density at radius 2 is 0.926 bits per heavy atom. The van der Waals surface area contributed by atoms with E-state index < -0.39 is 0 Å². The second-order valence-corrected chi connectivity index (χ2v) is 8.21. The van der Waals surface area contributed by atoms with Gasteiger partial charge in [-0.3, -0.25) is 0 Å². The summed E-state index contributed by atoms with van der Waals surface area (Å²) in [6.07, 6.45) is 0. The molecule has 0 radical (unpaired) electrons. The van der Waals surface area contributed by atoms with Crippen molar-refractivity contribution < 1.29 is 0 Å². The number of hydrogen-bond acceptors (Lipinski definition) is 0. The van der Waals surface area contributed by atoms with Crippen LogP contribution in [-0.4, -0.2) is 0 Å². The summed E-state index contributed by atoms with van der Waals surface area (Å²) < 4.78 is 0. The molecule has 0 bridgehead atoms. The summed E-state index contributed by atoms with van der Waals surface area (Å²) in [4.78, 5) is 0. The van der Waals surface area contributed by atoms with Crippen LogP contribution in [0.25, 0.3) is 43.4 Å². The predicted molar refractivity (Wildman–Crippen MR) is 117 cm³/mol. The van der Waals surface area contributed by atoms with Gasteiger partial charge < -0.3 is 0 Å². The molecule has 6 rings (SSSR count). The molecule has 0 saturated heterocycles. The van der Waals surface area contributed by atoms with E-state index in [1.807, 2.05) is 0 Å². The van der Waals surface area contributed by atoms with E-state index in [2.05, 4.69) is 98.8 Å². The van der Waals surface area contributed by atoms with Gasteiger partial charge in [-0.15, -0.1) is 0 Å². The van der Waals surface area contributed by atoms with E-state index in [0.717, 1.165) is 0 Å². The van der Waals surface area contributed by atoms with Crippen molar-refractivity contribution in [2.75, 3.05) is 0 Å². The summed E-state index contributed by atoms with van der Waals surface area (Å²) in [7, 11) is 0.